The summed E-state index contributed by atoms with van der Waals surface area (Å²) < 4.78 is 42.1. The van der Waals surface area contributed by atoms with Crippen LogP contribution in [0.2, 0.25) is 0 Å². The van der Waals surface area contributed by atoms with Crippen molar-refractivity contribution < 1.29 is 22.8 Å². The highest BCUT2D eigenvalue weighted by molar-refractivity contribution is 6.06. The van der Waals surface area contributed by atoms with Gasteiger partial charge in [0.15, 0.2) is 0 Å². The second-order valence-electron chi connectivity index (χ2n) is 8.00. The molecule has 3 aromatic rings. The van der Waals surface area contributed by atoms with Gasteiger partial charge in [0, 0.05) is 42.9 Å². The zero-order valence-electron chi connectivity index (χ0n) is 18.4. The number of halogens is 3. The number of nitrogens with one attached hydrogen (secondary N) is 1. The molecular formula is C24H23F3N4O2. The highest BCUT2D eigenvalue weighted by Crippen LogP contribution is 2.35. The first-order valence-electron chi connectivity index (χ1n) is 10.4. The Kier molecular flexibility index (Phi) is 5.65. The van der Waals surface area contributed by atoms with Crippen LogP contribution in [0.5, 0.6) is 0 Å². The number of alkyl halides is 3. The molecule has 0 unspecified atom stereocenters. The molecule has 4 rings (SSSR count). The lowest BCUT2D eigenvalue weighted by molar-refractivity contribution is -0.137. The van der Waals surface area contributed by atoms with E-state index in [0.717, 1.165) is 6.07 Å². The number of aromatic nitrogens is 1. The molecule has 1 N–H and O–H groups in total. The fourth-order valence-corrected chi connectivity index (χ4v) is 4.11. The molecular weight excluding hydrogens is 433 g/mol. The molecule has 2 heterocycles. The van der Waals surface area contributed by atoms with Crippen molar-refractivity contribution in [1.82, 2.24) is 9.47 Å². The molecule has 9 heteroatoms. The van der Waals surface area contributed by atoms with Crippen LogP contribution >= 0.6 is 0 Å². The predicted octanol–water partition coefficient (Wildman–Crippen LogP) is 5.24. The summed E-state index contributed by atoms with van der Waals surface area (Å²) in [7, 11) is 1.72. The molecule has 0 atom stereocenters. The lowest BCUT2D eigenvalue weighted by Gasteiger charge is -2.17. The van der Waals surface area contributed by atoms with Gasteiger partial charge in [-0.05, 0) is 50.2 Å². The number of benzene rings is 2. The summed E-state index contributed by atoms with van der Waals surface area (Å²) in [4.78, 5) is 28.5. The lowest BCUT2D eigenvalue weighted by atomic mass is 10.1. The lowest BCUT2D eigenvalue weighted by Crippen LogP contribution is -2.29. The number of carbonyl (C=O) groups excluding carboxylic acids is 2. The molecule has 6 nitrogen and oxygen atoms in total. The fraction of sp³-hybridized carbons (Fsp3) is 0.250. The van der Waals surface area contributed by atoms with E-state index in [1.165, 1.54) is 22.8 Å². The van der Waals surface area contributed by atoms with E-state index in [-0.39, 0.29) is 17.3 Å². The Morgan fingerprint density at radius 1 is 1.00 bits per heavy atom. The first-order chi connectivity index (χ1) is 15.6. The molecule has 1 saturated heterocycles. The maximum absolute atomic E-state index is 13.5. The van der Waals surface area contributed by atoms with Gasteiger partial charge in [-0.3, -0.25) is 9.69 Å². The van der Waals surface area contributed by atoms with Crippen molar-refractivity contribution in [1.29, 1.82) is 0 Å². The van der Waals surface area contributed by atoms with Crippen molar-refractivity contribution in [2.24, 2.45) is 0 Å². The van der Waals surface area contributed by atoms with E-state index >= 15 is 0 Å². The first-order valence-corrected chi connectivity index (χ1v) is 10.4. The van der Waals surface area contributed by atoms with Crippen LogP contribution in [0.3, 0.4) is 0 Å². The second-order valence-corrected chi connectivity index (χ2v) is 8.00. The Bertz CT molecular complexity index is 1230. The molecule has 0 aliphatic carbocycles. The van der Waals surface area contributed by atoms with E-state index in [0.29, 0.717) is 35.9 Å². The van der Waals surface area contributed by atoms with Gasteiger partial charge >= 0.3 is 12.2 Å². The molecule has 0 spiro atoms. The summed E-state index contributed by atoms with van der Waals surface area (Å²) in [6, 6.07) is 13.7. The van der Waals surface area contributed by atoms with Crippen LogP contribution in [-0.2, 0) is 6.18 Å². The summed E-state index contributed by atoms with van der Waals surface area (Å²) in [6.07, 6.45) is -4.52. The van der Waals surface area contributed by atoms with Gasteiger partial charge in [0.2, 0.25) is 0 Å². The average molecular weight is 456 g/mol. The average Bonchev–Trinajstić information content (AvgIpc) is 3.25. The Labute approximate surface area is 189 Å². The molecule has 172 valence electrons. The van der Waals surface area contributed by atoms with Crippen LogP contribution in [0.1, 0.15) is 27.3 Å². The normalized spacial score (nSPS) is 14.2. The zero-order valence-corrected chi connectivity index (χ0v) is 18.4. The number of likely N-dealkylation sites (N-methyl/N-ethyl adjacent to an activating group) is 1. The van der Waals surface area contributed by atoms with Crippen LogP contribution < -0.4 is 10.2 Å². The molecule has 1 aromatic heterocycles. The van der Waals surface area contributed by atoms with Crippen LogP contribution in [0.4, 0.5) is 29.3 Å². The molecule has 1 fully saturated rings. The number of anilines is 2. The third-order valence-corrected chi connectivity index (χ3v) is 5.76. The number of nitrogens with zero attached hydrogens (tertiary/aromatic N) is 3. The van der Waals surface area contributed by atoms with E-state index in [2.05, 4.69) is 5.32 Å². The van der Waals surface area contributed by atoms with Gasteiger partial charge in [-0.2, -0.15) is 13.2 Å². The van der Waals surface area contributed by atoms with E-state index < -0.39 is 17.6 Å². The topological polar surface area (TPSA) is 57.6 Å². The third-order valence-electron chi connectivity index (χ3n) is 5.76. The number of carbonyl (C=O) groups is 2. The van der Waals surface area contributed by atoms with Gasteiger partial charge in [0.25, 0.3) is 5.91 Å². The number of hydrogen-bond donors (Lipinski definition) is 1. The maximum atomic E-state index is 13.5. The van der Waals surface area contributed by atoms with Crippen LogP contribution in [0.15, 0.2) is 54.6 Å². The van der Waals surface area contributed by atoms with Gasteiger partial charge in [-0.25, -0.2) is 4.79 Å². The van der Waals surface area contributed by atoms with Gasteiger partial charge in [0.1, 0.15) is 0 Å². The van der Waals surface area contributed by atoms with Crippen LogP contribution in [-0.4, -0.2) is 41.5 Å². The number of rotatable bonds is 4. The fourth-order valence-electron chi connectivity index (χ4n) is 4.11. The number of aryl methyl sites for hydroxylation is 1. The summed E-state index contributed by atoms with van der Waals surface area (Å²) >= 11 is 0. The van der Waals surface area contributed by atoms with Gasteiger partial charge in [-0.1, -0.05) is 18.2 Å². The smallest absolute Gasteiger partial charge is 0.326 e. The van der Waals surface area contributed by atoms with Gasteiger partial charge < -0.3 is 14.8 Å². The van der Waals surface area contributed by atoms with Gasteiger partial charge in [0.05, 0.1) is 16.8 Å². The molecule has 1 aliphatic rings. The Hall–Kier alpha value is -3.75. The minimum Gasteiger partial charge on any atom is -0.326 e. The van der Waals surface area contributed by atoms with Crippen molar-refractivity contribution in [3.63, 3.8) is 0 Å². The van der Waals surface area contributed by atoms with E-state index in [1.54, 1.807) is 61.0 Å². The quantitative estimate of drug-likeness (QED) is 0.584. The van der Waals surface area contributed by atoms with E-state index in [1.807, 2.05) is 0 Å². The standard InChI is InChI=1S/C24H23F3N4O2/c1-15-13-19(16(2)31(15)21-10-5-4-9-20(21)24(25,26)27)22(32)28-17-7-6-8-18(14-17)30-12-11-29(3)23(30)33/h4-10,13-14H,11-12H2,1-3H3,(H,28,32). The molecule has 33 heavy (non-hydrogen) atoms. The highest BCUT2D eigenvalue weighted by Gasteiger charge is 2.34. The van der Waals surface area contributed by atoms with Crippen LogP contribution in [0, 0.1) is 13.8 Å². The molecule has 2 aromatic carbocycles. The SMILES string of the molecule is Cc1cc(C(=O)Nc2cccc(N3CCN(C)C3=O)c2)c(C)n1-c1ccccc1C(F)(F)F. The second kappa shape index (κ2) is 8.31. The Morgan fingerprint density at radius 3 is 2.39 bits per heavy atom. The monoisotopic (exact) mass is 456 g/mol. The van der Waals surface area contributed by atoms with Crippen molar-refractivity contribution in [3.05, 3.63) is 77.1 Å². The van der Waals surface area contributed by atoms with E-state index in [9.17, 15) is 22.8 Å². The first kappa shape index (κ1) is 22.4. The number of urea groups is 1. The number of amides is 3. The van der Waals surface area contributed by atoms with Crippen molar-refractivity contribution in [2.45, 2.75) is 20.0 Å². The minimum absolute atomic E-state index is 0.0299. The summed E-state index contributed by atoms with van der Waals surface area (Å²) in [6.45, 7) is 4.44. The Balaban J connectivity index is 1.63. The summed E-state index contributed by atoms with van der Waals surface area (Å²) in [5, 5.41) is 2.80. The summed E-state index contributed by atoms with van der Waals surface area (Å²) in [5.41, 5.74) is 1.52. The largest absolute Gasteiger partial charge is 0.418 e. The highest BCUT2D eigenvalue weighted by atomic mass is 19.4. The van der Waals surface area contributed by atoms with Crippen molar-refractivity contribution >= 4 is 23.3 Å². The Morgan fingerprint density at radius 2 is 1.73 bits per heavy atom. The summed E-state index contributed by atoms with van der Waals surface area (Å²) in [5.74, 6) is -0.444. The van der Waals surface area contributed by atoms with Gasteiger partial charge in [-0.15, -0.1) is 0 Å². The molecule has 3 amide bonds. The minimum atomic E-state index is -4.52. The van der Waals surface area contributed by atoms with Crippen LogP contribution in [0.25, 0.3) is 5.69 Å². The predicted molar refractivity (Wildman–Crippen MR) is 120 cm³/mol. The molecule has 0 bridgehead atoms. The third kappa shape index (κ3) is 4.18. The zero-order chi connectivity index (χ0) is 23.9. The molecule has 0 saturated carbocycles. The van der Waals surface area contributed by atoms with Crippen molar-refractivity contribution in [2.75, 3.05) is 30.4 Å². The van der Waals surface area contributed by atoms with E-state index in [4.69, 9.17) is 0 Å². The number of hydrogen-bond acceptors (Lipinski definition) is 2. The number of para-hydroxylation sites is 1. The van der Waals surface area contributed by atoms with Crippen molar-refractivity contribution in [3.8, 4) is 5.69 Å². The molecule has 1 aliphatic heterocycles. The molecule has 0 radical (unpaired) electrons. The maximum Gasteiger partial charge on any atom is 0.418 e.